The highest BCUT2D eigenvalue weighted by Crippen LogP contribution is 2.25. The van der Waals surface area contributed by atoms with Crippen LogP contribution in [0.2, 0.25) is 0 Å². The summed E-state index contributed by atoms with van der Waals surface area (Å²) in [5, 5.41) is -0.166. The second kappa shape index (κ2) is 14.0. The Labute approximate surface area is 142 Å². The molecule has 0 amide bonds. The summed E-state index contributed by atoms with van der Waals surface area (Å²) in [7, 11) is 0. The summed E-state index contributed by atoms with van der Waals surface area (Å²) in [5.74, 6) is 0.562. The third kappa shape index (κ3) is 14.9. The first-order valence-electron chi connectivity index (χ1n) is 8.75. The molecule has 1 atom stereocenters. The summed E-state index contributed by atoms with van der Waals surface area (Å²) >= 11 is 1.54. The van der Waals surface area contributed by atoms with Gasteiger partial charge in [-0.3, -0.25) is 4.79 Å². The Morgan fingerprint density at radius 2 is 1.70 bits per heavy atom. The number of rotatable bonds is 14. The molecule has 0 bridgehead atoms. The minimum atomic E-state index is -4.06. The predicted molar refractivity (Wildman–Crippen MR) is 90.8 cm³/mol. The lowest BCUT2D eigenvalue weighted by atomic mass is 10.1. The highest BCUT2D eigenvalue weighted by Gasteiger charge is 2.26. The molecule has 0 N–H and O–H groups in total. The summed E-state index contributed by atoms with van der Waals surface area (Å²) < 4.78 is 41.4. The van der Waals surface area contributed by atoms with Crippen molar-refractivity contribution in [1.29, 1.82) is 0 Å². The number of hydrogen-bond acceptors (Lipinski definition) is 3. The van der Waals surface area contributed by atoms with E-state index in [0.717, 1.165) is 44.3 Å². The third-order valence-corrected chi connectivity index (χ3v) is 4.85. The molecule has 2 nitrogen and oxygen atoms in total. The average Bonchev–Trinajstić information content (AvgIpc) is 2.48. The molecule has 0 aliphatic carbocycles. The van der Waals surface area contributed by atoms with Crippen molar-refractivity contribution in [2.45, 2.75) is 89.5 Å². The SMILES string of the molecule is CCCCCC(SCCCCCC(F)(F)F)C(=O)OCCCC. The van der Waals surface area contributed by atoms with E-state index in [9.17, 15) is 18.0 Å². The molecule has 138 valence electrons. The van der Waals surface area contributed by atoms with Gasteiger partial charge in [0, 0.05) is 6.42 Å². The van der Waals surface area contributed by atoms with Crippen molar-refractivity contribution in [2.75, 3.05) is 12.4 Å². The second-order valence-corrected chi connectivity index (χ2v) is 7.11. The van der Waals surface area contributed by atoms with Gasteiger partial charge in [0.1, 0.15) is 5.25 Å². The highest BCUT2D eigenvalue weighted by molar-refractivity contribution is 8.00. The van der Waals surface area contributed by atoms with Crippen LogP contribution in [-0.4, -0.2) is 29.8 Å². The highest BCUT2D eigenvalue weighted by atomic mass is 32.2. The van der Waals surface area contributed by atoms with E-state index >= 15 is 0 Å². The number of hydrogen-bond donors (Lipinski definition) is 0. The minimum Gasteiger partial charge on any atom is -0.465 e. The van der Waals surface area contributed by atoms with Gasteiger partial charge in [-0.25, -0.2) is 0 Å². The predicted octanol–water partition coefficient (Wildman–Crippen LogP) is 6.13. The van der Waals surface area contributed by atoms with Crippen molar-refractivity contribution in [3.05, 3.63) is 0 Å². The van der Waals surface area contributed by atoms with Crippen molar-refractivity contribution in [1.82, 2.24) is 0 Å². The molecule has 0 saturated heterocycles. The van der Waals surface area contributed by atoms with E-state index in [2.05, 4.69) is 6.92 Å². The van der Waals surface area contributed by atoms with E-state index in [0.29, 0.717) is 19.4 Å². The van der Waals surface area contributed by atoms with Crippen LogP contribution in [0.3, 0.4) is 0 Å². The molecule has 0 aliphatic rings. The first-order chi connectivity index (χ1) is 10.9. The fourth-order valence-corrected chi connectivity index (χ4v) is 3.28. The number of ether oxygens (including phenoxy) is 1. The van der Waals surface area contributed by atoms with Crippen LogP contribution in [0.1, 0.15) is 78.1 Å². The molecule has 0 aliphatic heterocycles. The normalized spacial score (nSPS) is 13.1. The molecule has 0 saturated carbocycles. The number of thioether (sulfide) groups is 1. The molecule has 0 heterocycles. The molecule has 23 heavy (non-hydrogen) atoms. The van der Waals surface area contributed by atoms with Crippen LogP contribution >= 0.6 is 11.8 Å². The Bertz CT molecular complexity index is 296. The number of esters is 1. The molecule has 0 aromatic carbocycles. The molecule has 0 aromatic rings. The Morgan fingerprint density at radius 3 is 2.30 bits per heavy atom. The lowest BCUT2D eigenvalue weighted by Gasteiger charge is -2.15. The Hall–Kier alpha value is -0.390. The second-order valence-electron chi connectivity index (χ2n) is 5.80. The van der Waals surface area contributed by atoms with E-state index in [1.54, 1.807) is 11.8 Å². The van der Waals surface area contributed by atoms with Gasteiger partial charge in [-0.2, -0.15) is 13.2 Å². The van der Waals surface area contributed by atoms with Crippen molar-refractivity contribution in [3.63, 3.8) is 0 Å². The maximum absolute atomic E-state index is 12.1. The van der Waals surface area contributed by atoms with Gasteiger partial charge < -0.3 is 4.74 Å². The van der Waals surface area contributed by atoms with E-state index in [1.165, 1.54) is 0 Å². The van der Waals surface area contributed by atoms with Crippen LogP contribution in [0.4, 0.5) is 13.2 Å². The summed E-state index contributed by atoms with van der Waals surface area (Å²) in [6.07, 6.45) is 2.50. The van der Waals surface area contributed by atoms with Gasteiger partial charge in [0.05, 0.1) is 6.61 Å². The van der Waals surface area contributed by atoms with E-state index in [4.69, 9.17) is 4.74 Å². The van der Waals surface area contributed by atoms with E-state index < -0.39 is 12.6 Å². The van der Waals surface area contributed by atoms with E-state index in [1.807, 2.05) is 6.92 Å². The number of halogens is 3. The van der Waals surface area contributed by atoms with Crippen LogP contribution in [0, 0.1) is 0 Å². The molecule has 0 rings (SSSR count). The van der Waals surface area contributed by atoms with Gasteiger partial charge >= 0.3 is 12.1 Å². The van der Waals surface area contributed by atoms with Crippen molar-refractivity contribution >= 4 is 17.7 Å². The van der Waals surface area contributed by atoms with Gasteiger partial charge in [0.25, 0.3) is 0 Å². The molecule has 0 radical (unpaired) electrons. The third-order valence-electron chi connectivity index (χ3n) is 3.50. The number of carbonyl (C=O) groups is 1. The first-order valence-corrected chi connectivity index (χ1v) is 9.80. The van der Waals surface area contributed by atoms with Gasteiger partial charge in [-0.1, -0.05) is 46.0 Å². The van der Waals surface area contributed by atoms with Crippen LogP contribution in [0.5, 0.6) is 0 Å². The Kier molecular flexibility index (Phi) is 13.8. The van der Waals surface area contributed by atoms with Crippen molar-refractivity contribution in [2.24, 2.45) is 0 Å². The van der Waals surface area contributed by atoms with Gasteiger partial charge in [0.15, 0.2) is 0 Å². The lowest BCUT2D eigenvalue weighted by Crippen LogP contribution is -2.21. The summed E-state index contributed by atoms with van der Waals surface area (Å²) in [6.45, 7) is 4.62. The maximum Gasteiger partial charge on any atom is 0.389 e. The fraction of sp³-hybridized carbons (Fsp3) is 0.941. The minimum absolute atomic E-state index is 0.158. The van der Waals surface area contributed by atoms with Crippen molar-refractivity contribution in [3.8, 4) is 0 Å². The van der Waals surface area contributed by atoms with Crippen LogP contribution in [0.15, 0.2) is 0 Å². The summed E-state index contributed by atoms with van der Waals surface area (Å²) in [4.78, 5) is 12.1. The van der Waals surface area contributed by atoms with Crippen LogP contribution in [-0.2, 0) is 9.53 Å². The maximum atomic E-state index is 12.1. The summed E-state index contributed by atoms with van der Waals surface area (Å²) in [5.41, 5.74) is 0. The number of alkyl halides is 3. The number of unbranched alkanes of at least 4 members (excludes halogenated alkanes) is 5. The average molecular weight is 356 g/mol. The Morgan fingerprint density at radius 1 is 1.00 bits per heavy atom. The topological polar surface area (TPSA) is 26.3 Å². The van der Waals surface area contributed by atoms with E-state index in [-0.39, 0.29) is 17.6 Å². The van der Waals surface area contributed by atoms with Crippen LogP contribution < -0.4 is 0 Å². The van der Waals surface area contributed by atoms with Gasteiger partial charge in [-0.15, -0.1) is 11.8 Å². The van der Waals surface area contributed by atoms with Crippen molar-refractivity contribution < 1.29 is 22.7 Å². The molecule has 0 fully saturated rings. The number of carbonyl (C=O) groups excluding carboxylic acids is 1. The monoisotopic (exact) mass is 356 g/mol. The Balaban J connectivity index is 3.97. The largest absolute Gasteiger partial charge is 0.465 e. The summed E-state index contributed by atoms with van der Waals surface area (Å²) in [6, 6.07) is 0. The smallest absolute Gasteiger partial charge is 0.389 e. The quantitative estimate of drug-likeness (QED) is 0.276. The molecule has 1 unspecified atom stereocenters. The van der Waals surface area contributed by atoms with Gasteiger partial charge in [-0.05, 0) is 31.4 Å². The molecule has 6 heteroatoms. The molecular weight excluding hydrogens is 325 g/mol. The lowest BCUT2D eigenvalue weighted by molar-refractivity contribution is -0.143. The fourth-order valence-electron chi connectivity index (χ4n) is 2.09. The zero-order chi connectivity index (χ0) is 17.6. The van der Waals surface area contributed by atoms with Gasteiger partial charge in [0.2, 0.25) is 0 Å². The molecular formula is C17H31F3O2S. The molecule has 0 spiro atoms. The first kappa shape index (κ1) is 22.6. The standard InChI is InChI=1S/C17H31F3O2S/c1-3-5-8-11-15(16(21)22-13-6-4-2)23-14-10-7-9-12-17(18,19)20/h15H,3-14H2,1-2H3. The zero-order valence-corrected chi connectivity index (χ0v) is 15.2. The zero-order valence-electron chi connectivity index (χ0n) is 14.4. The molecule has 0 aromatic heterocycles. The van der Waals surface area contributed by atoms with Crippen LogP contribution in [0.25, 0.3) is 0 Å².